The van der Waals surface area contributed by atoms with Crippen LogP contribution in [-0.2, 0) is 4.79 Å². The zero-order chi connectivity index (χ0) is 26.1. The van der Waals surface area contributed by atoms with Crippen molar-refractivity contribution in [3.05, 3.63) is 101 Å². The Morgan fingerprint density at radius 2 is 1.92 bits per heavy atom. The summed E-state index contributed by atoms with van der Waals surface area (Å²) in [7, 11) is 1.57. The molecule has 7 nitrogen and oxygen atoms in total. The van der Waals surface area contributed by atoms with E-state index in [2.05, 4.69) is 37.2 Å². The molecule has 1 saturated heterocycles. The van der Waals surface area contributed by atoms with E-state index in [1.54, 1.807) is 13.3 Å². The number of benzene rings is 2. The minimum absolute atomic E-state index is 0.188. The lowest BCUT2D eigenvalue weighted by Crippen LogP contribution is -2.30. The fraction of sp³-hybridized carbons (Fsp3) is 0.179. The molecular weight excluding hydrogens is 506 g/mol. The van der Waals surface area contributed by atoms with Crippen molar-refractivity contribution in [1.82, 2.24) is 14.9 Å². The number of hydrogen-bond donors (Lipinski definition) is 2. The fourth-order valence-corrected chi connectivity index (χ4v) is 5.18. The number of halogens is 1. The van der Waals surface area contributed by atoms with Gasteiger partial charge >= 0.3 is 0 Å². The van der Waals surface area contributed by atoms with Gasteiger partial charge in [0.2, 0.25) is 5.91 Å². The maximum absolute atomic E-state index is 11.9. The summed E-state index contributed by atoms with van der Waals surface area (Å²) in [5.41, 5.74) is 5.25. The summed E-state index contributed by atoms with van der Waals surface area (Å²) in [6, 6.07) is 21.1. The smallest absolute Gasteiger partial charge is 0.221 e. The van der Waals surface area contributed by atoms with E-state index in [-0.39, 0.29) is 18.0 Å². The summed E-state index contributed by atoms with van der Waals surface area (Å²) in [4.78, 5) is 18.6. The van der Waals surface area contributed by atoms with Crippen LogP contribution in [-0.4, -0.2) is 27.7 Å². The van der Waals surface area contributed by atoms with E-state index in [4.69, 9.17) is 28.6 Å². The van der Waals surface area contributed by atoms with Crippen molar-refractivity contribution in [3.8, 4) is 11.4 Å². The molecule has 0 bridgehead atoms. The SMILES string of the molecule is COc1ccc(N2C(=S)N[C@H](c3ccccn3)[C@@H]2c2cccn2-c2ccc(Cl)c(C)c2)cc1NC(C)=O. The Labute approximate surface area is 226 Å². The van der Waals surface area contributed by atoms with Gasteiger partial charge in [0.1, 0.15) is 11.8 Å². The zero-order valence-electron chi connectivity index (χ0n) is 20.6. The van der Waals surface area contributed by atoms with Crippen molar-refractivity contribution < 1.29 is 9.53 Å². The van der Waals surface area contributed by atoms with E-state index in [0.717, 1.165) is 33.3 Å². The van der Waals surface area contributed by atoms with Crippen LogP contribution in [0.4, 0.5) is 11.4 Å². The summed E-state index contributed by atoms with van der Waals surface area (Å²) >= 11 is 12.2. The Bertz CT molecular complexity index is 1470. The normalized spacial score (nSPS) is 17.0. The van der Waals surface area contributed by atoms with Crippen LogP contribution >= 0.6 is 23.8 Å². The first-order chi connectivity index (χ1) is 17.9. The number of amides is 1. The Hall–Kier alpha value is -3.88. The van der Waals surface area contributed by atoms with Gasteiger partial charge in [-0.25, -0.2) is 0 Å². The number of nitrogens with one attached hydrogen (secondary N) is 2. The topological polar surface area (TPSA) is 71.4 Å². The Morgan fingerprint density at radius 3 is 2.62 bits per heavy atom. The van der Waals surface area contributed by atoms with Crippen LogP contribution in [0.1, 0.15) is 36.0 Å². The molecule has 2 aromatic heterocycles. The molecule has 0 radical (unpaired) electrons. The second kappa shape index (κ2) is 10.2. The zero-order valence-corrected chi connectivity index (χ0v) is 22.2. The average molecular weight is 532 g/mol. The van der Waals surface area contributed by atoms with Gasteiger partial charge < -0.3 is 24.8 Å². The number of hydrogen-bond acceptors (Lipinski definition) is 4. The molecule has 37 heavy (non-hydrogen) atoms. The lowest BCUT2D eigenvalue weighted by Gasteiger charge is -2.29. The summed E-state index contributed by atoms with van der Waals surface area (Å²) in [5.74, 6) is 0.377. The largest absolute Gasteiger partial charge is 0.495 e. The molecule has 1 aliphatic rings. The minimum Gasteiger partial charge on any atom is -0.495 e. The number of pyridine rings is 1. The number of anilines is 2. The third-order valence-electron chi connectivity index (χ3n) is 6.37. The Morgan fingerprint density at radius 1 is 1.11 bits per heavy atom. The number of rotatable bonds is 6. The van der Waals surface area contributed by atoms with Gasteiger partial charge in [0.15, 0.2) is 5.11 Å². The van der Waals surface area contributed by atoms with Gasteiger partial charge in [-0.15, -0.1) is 0 Å². The average Bonchev–Trinajstić information content (AvgIpc) is 3.50. The highest BCUT2D eigenvalue weighted by atomic mass is 35.5. The van der Waals surface area contributed by atoms with E-state index in [1.165, 1.54) is 6.92 Å². The van der Waals surface area contributed by atoms with Gasteiger partial charge in [-0.3, -0.25) is 9.78 Å². The third-order valence-corrected chi connectivity index (χ3v) is 7.11. The fourth-order valence-electron chi connectivity index (χ4n) is 4.72. The molecule has 0 unspecified atom stereocenters. The van der Waals surface area contributed by atoms with Crippen LogP contribution in [0.25, 0.3) is 5.69 Å². The lowest BCUT2D eigenvalue weighted by molar-refractivity contribution is -0.114. The molecule has 0 spiro atoms. The number of aryl methyl sites for hydroxylation is 1. The van der Waals surface area contributed by atoms with Crippen LogP contribution in [0.5, 0.6) is 5.75 Å². The number of nitrogens with zero attached hydrogens (tertiary/aromatic N) is 3. The summed E-state index contributed by atoms with van der Waals surface area (Å²) < 4.78 is 7.62. The van der Waals surface area contributed by atoms with Gasteiger partial charge in [0, 0.05) is 41.4 Å². The molecule has 188 valence electrons. The molecular formula is C28H26ClN5O2S. The van der Waals surface area contributed by atoms with Gasteiger partial charge in [-0.05, 0) is 85.4 Å². The first-order valence-electron chi connectivity index (χ1n) is 11.8. The van der Waals surface area contributed by atoms with Crippen molar-refractivity contribution in [2.24, 2.45) is 0 Å². The molecule has 0 saturated carbocycles. The molecule has 2 N–H and O–H groups in total. The highest BCUT2D eigenvalue weighted by Gasteiger charge is 2.42. The van der Waals surface area contributed by atoms with Crippen LogP contribution in [0.15, 0.2) is 79.1 Å². The van der Waals surface area contributed by atoms with Gasteiger partial charge in [-0.1, -0.05) is 17.7 Å². The molecule has 3 heterocycles. The van der Waals surface area contributed by atoms with Crippen LogP contribution < -0.4 is 20.3 Å². The van der Waals surface area contributed by atoms with Crippen molar-refractivity contribution in [2.75, 3.05) is 17.3 Å². The molecule has 2 atom stereocenters. The molecule has 1 amide bonds. The molecule has 0 aliphatic carbocycles. The first-order valence-corrected chi connectivity index (χ1v) is 12.6. The Balaban J connectivity index is 1.67. The second-order valence-electron chi connectivity index (χ2n) is 8.80. The molecule has 5 rings (SSSR count). The predicted molar refractivity (Wildman–Crippen MR) is 151 cm³/mol. The number of ether oxygens (including phenoxy) is 1. The quantitative estimate of drug-likeness (QED) is 0.298. The van der Waals surface area contributed by atoms with E-state index in [0.29, 0.717) is 16.5 Å². The lowest BCUT2D eigenvalue weighted by atomic mass is 10.0. The monoisotopic (exact) mass is 531 g/mol. The van der Waals surface area contributed by atoms with Crippen molar-refractivity contribution >= 4 is 46.2 Å². The van der Waals surface area contributed by atoms with Crippen LogP contribution in [0, 0.1) is 6.92 Å². The van der Waals surface area contributed by atoms with Crippen molar-refractivity contribution in [1.29, 1.82) is 0 Å². The van der Waals surface area contributed by atoms with Gasteiger partial charge in [0.05, 0.1) is 24.5 Å². The molecule has 1 fully saturated rings. The number of carbonyl (C=O) groups excluding carboxylic acids is 1. The highest BCUT2D eigenvalue weighted by molar-refractivity contribution is 7.80. The van der Waals surface area contributed by atoms with E-state index >= 15 is 0 Å². The van der Waals surface area contributed by atoms with E-state index < -0.39 is 0 Å². The molecule has 2 aromatic carbocycles. The molecule has 1 aliphatic heterocycles. The standard InChI is InChI=1S/C28H26ClN5O2S/c1-17-15-19(9-11-21(17)29)33-14-6-8-24(33)27-26(22-7-4-5-13-30-22)32-28(37)34(27)20-10-12-25(36-3)23(16-20)31-18(2)35/h4-16,26-27H,1-3H3,(H,31,35)(H,32,37)/t26-,27+/m1/s1. The second-order valence-corrected chi connectivity index (χ2v) is 9.59. The number of carbonyl (C=O) groups is 1. The number of thiocarbonyl (C=S) groups is 1. The van der Waals surface area contributed by atoms with Crippen LogP contribution in [0.2, 0.25) is 5.02 Å². The van der Waals surface area contributed by atoms with Gasteiger partial charge in [0.25, 0.3) is 0 Å². The first kappa shape index (κ1) is 24.8. The molecule has 4 aromatic rings. The number of methoxy groups -OCH3 is 1. The van der Waals surface area contributed by atoms with E-state index in [1.807, 2.05) is 67.7 Å². The summed E-state index contributed by atoms with van der Waals surface area (Å²) in [6.45, 7) is 3.46. The van der Waals surface area contributed by atoms with Crippen LogP contribution in [0.3, 0.4) is 0 Å². The number of aromatic nitrogens is 2. The van der Waals surface area contributed by atoms with Crippen molar-refractivity contribution in [2.45, 2.75) is 25.9 Å². The minimum atomic E-state index is -0.244. The maximum Gasteiger partial charge on any atom is 0.221 e. The molecule has 9 heteroatoms. The predicted octanol–water partition coefficient (Wildman–Crippen LogP) is 5.98. The summed E-state index contributed by atoms with van der Waals surface area (Å²) in [5, 5.41) is 7.62. The van der Waals surface area contributed by atoms with Gasteiger partial charge in [-0.2, -0.15) is 0 Å². The maximum atomic E-state index is 11.9. The summed E-state index contributed by atoms with van der Waals surface area (Å²) in [6.07, 6.45) is 3.81. The third kappa shape index (κ3) is 4.77. The van der Waals surface area contributed by atoms with E-state index in [9.17, 15) is 4.79 Å². The highest BCUT2D eigenvalue weighted by Crippen LogP contribution is 2.44. The van der Waals surface area contributed by atoms with Crippen molar-refractivity contribution in [3.63, 3.8) is 0 Å². The Kier molecular flexibility index (Phi) is 6.86.